The molecule has 0 amide bonds. The van der Waals surface area contributed by atoms with Gasteiger partial charge in [0.15, 0.2) is 0 Å². The molecule has 0 spiro atoms. The molecule has 0 unspecified atom stereocenters. The minimum absolute atomic E-state index is 1.34. The summed E-state index contributed by atoms with van der Waals surface area (Å²) >= 11 is 1.92. The van der Waals surface area contributed by atoms with Gasteiger partial charge < -0.3 is 0 Å². The first-order valence-corrected chi connectivity index (χ1v) is 13.2. The van der Waals surface area contributed by atoms with Gasteiger partial charge in [-0.1, -0.05) is 84.9 Å². The van der Waals surface area contributed by atoms with Gasteiger partial charge in [-0.3, -0.25) is 0 Å². The first-order valence-electron chi connectivity index (χ1n) is 10.8. The molecule has 1 heterocycles. The van der Waals surface area contributed by atoms with Crippen molar-refractivity contribution in [2.75, 3.05) is 0 Å². The molecule has 0 aliphatic rings. The van der Waals surface area contributed by atoms with Crippen LogP contribution in [0.4, 0.5) is 0 Å². The Bertz CT molecular complexity index is 1400. The Balaban J connectivity index is 1.82. The van der Waals surface area contributed by atoms with E-state index in [4.69, 9.17) is 0 Å². The Labute approximate surface area is 194 Å². The molecule has 154 valence electrons. The molecule has 1 aromatic heterocycles. The molecule has 0 atom stereocenters. The van der Waals surface area contributed by atoms with E-state index in [2.05, 4.69) is 133 Å². The molecule has 0 bridgehead atoms. The summed E-state index contributed by atoms with van der Waals surface area (Å²) < 4.78 is 2.73. The molecule has 0 aliphatic heterocycles. The van der Waals surface area contributed by atoms with Gasteiger partial charge in [0.1, 0.15) is 0 Å². The number of benzene rings is 5. The Kier molecular flexibility index (Phi) is 4.83. The number of fused-ring (bicyclic) bond motifs is 3. The van der Waals surface area contributed by atoms with Crippen LogP contribution in [0.2, 0.25) is 0 Å². The molecule has 0 fully saturated rings. The van der Waals surface area contributed by atoms with Crippen molar-refractivity contribution in [3.05, 3.63) is 133 Å². The van der Waals surface area contributed by atoms with Gasteiger partial charge in [-0.25, -0.2) is 0 Å². The van der Waals surface area contributed by atoms with E-state index < -0.39 is 10.0 Å². The maximum Gasteiger partial charge on any atom is 0.0485 e. The third-order valence-corrected chi connectivity index (χ3v) is 11.3. The summed E-state index contributed by atoms with van der Waals surface area (Å²) in [5, 5.41) is 2.69. The van der Waals surface area contributed by atoms with Crippen molar-refractivity contribution in [2.45, 2.75) is 19.6 Å². The quantitative estimate of drug-likeness (QED) is 0.253. The first-order chi connectivity index (χ1) is 15.9. The minimum Gasteiger partial charge on any atom is -0.134 e. The highest BCUT2D eigenvalue weighted by molar-refractivity contribution is 8.34. The average Bonchev–Trinajstić information content (AvgIpc) is 3.26. The summed E-state index contributed by atoms with van der Waals surface area (Å²) in [6.45, 7) is 0. The normalized spacial score (nSPS) is 12.2. The molecule has 0 nitrogen and oxygen atoms in total. The van der Waals surface area contributed by atoms with E-state index in [-0.39, 0.29) is 0 Å². The Hall–Kier alpha value is -3.33. The topological polar surface area (TPSA) is 0 Å². The molecule has 6 rings (SSSR count). The van der Waals surface area contributed by atoms with E-state index in [9.17, 15) is 0 Å². The van der Waals surface area contributed by atoms with Gasteiger partial charge in [0, 0.05) is 39.8 Å². The van der Waals surface area contributed by atoms with E-state index in [1.54, 1.807) is 0 Å². The lowest BCUT2D eigenvalue weighted by atomic mass is 10.1. The molecule has 0 saturated carbocycles. The van der Waals surface area contributed by atoms with Gasteiger partial charge in [-0.15, -0.1) is 21.4 Å². The highest BCUT2D eigenvalue weighted by Crippen LogP contribution is 2.74. The standard InChI is InChI=1S/C30H22S2/c1-4-13-23(14-5-1)32(24-15-6-2-7-16-24,25-17-8-3-9-18-25)29-22-12-20-27-26-19-10-11-21-28(26)31-30(27)29/h1-22H. The van der Waals surface area contributed by atoms with Crippen LogP contribution in [0.15, 0.2) is 153 Å². The smallest absolute Gasteiger partial charge is 0.0485 e. The van der Waals surface area contributed by atoms with Crippen molar-refractivity contribution in [2.24, 2.45) is 0 Å². The predicted molar refractivity (Wildman–Crippen MR) is 139 cm³/mol. The fourth-order valence-corrected chi connectivity index (χ4v) is 10.2. The van der Waals surface area contributed by atoms with Crippen molar-refractivity contribution < 1.29 is 0 Å². The van der Waals surface area contributed by atoms with Gasteiger partial charge in [0.2, 0.25) is 0 Å². The Morgan fingerprint density at radius 2 is 0.875 bits per heavy atom. The highest BCUT2D eigenvalue weighted by atomic mass is 32.3. The van der Waals surface area contributed by atoms with Crippen LogP contribution in [-0.2, 0) is 0 Å². The fourth-order valence-electron chi connectivity index (χ4n) is 4.63. The zero-order chi connectivity index (χ0) is 21.4. The number of rotatable bonds is 4. The lowest BCUT2D eigenvalue weighted by molar-refractivity contribution is 1.26. The van der Waals surface area contributed by atoms with Crippen molar-refractivity contribution in [3.63, 3.8) is 0 Å². The van der Waals surface area contributed by atoms with Crippen molar-refractivity contribution in [1.82, 2.24) is 0 Å². The number of hydrogen-bond acceptors (Lipinski definition) is 1. The van der Waals surface area contributed by atoms with Crippen LogP contribution >= 0.6 is 21.4 Å². The van der Waals surface area contributed by atoms with Gasteiger partial charge in [0.25, 0.3) is 0 Å². The van der Waals surface area contributed by atoms with E-state index >= 15 is 0 Å². The predicted octanol–water partition coefficient (Wildman–Crippen LogP) is 9.40. The van der Waals surface area contributed by atoms with E-state index in [0.29, 0.717) is 0 Å². The van der Waals surface area contributed by atoms with Crippen molar-refractivity contribution in [1.29, 1.82) is 0 Å². The molecule has 2 heteroatoms. The summed E-state index contributed by atoms with van der Waals surface area (Å²) in [6.07, 6.45) is 0. The maximum atomic E-state index is 2.36. The van der Waals surface area contributed by atoms with Crippen LogP contribution in [0.3, 0.4) is 0 Å². The van der Waals surface area contributed by atoms with Crippen LogP contribution in [0.1, 0.15) is 0 Å². The molecular formula is C30H22S2. The lowest BCUT2D eigenvalue weighted by Gasteiger charge is -2.42. The monoisotopic (exact) mass is 446 g/mol. The van der Waals surface area contributed by atoms with E-state index in [1.807, 2.05) is 11.3 Å². The Morgan fingerprint density at radius 3 is 1.44 bits per heavy atom. The second kappa shape index (κ2) is 7.98. The first kappa shape index (κ1) is 19.4. The van der Waals surface area contributed by atoms with Gasteiger partial charge in [0.05, 0.1) is 0 Å². The van der Waals surface area contributed by atoms with E-state index in [1.165, 1.54) is 39.8 Å². The van der Waals surface area contributed by atoms with E-state index in [0.717, 1.165) is 0 Å². The molecule has 0 aliphatic carbocycles. The molecule has 5 aromatic carbocycles. The molecule has 0 radical (unpaired) electrons. The molecule has 0 saturated heterocycles. The molecular weight excluding hydrogens is 424 g/mol. The summed E-state index contributed by atoms with van der Waals surface area (Å²) in [5.41, 5.74) is 0. The van der Waals surface area contributed by atoms with Crippen LogP contribution in [-0.4, -0.2) is 0 Å². The second-order valence-corrected chi connectivity index (χ2v) is 11.9. The minimum atomic E-state index is -1.68. The third-order valence-electron chi connectivity index (χ3n) is 5.99. The number of hydrogen-bond donors (Lipinski definition) is 0. The third kappa shape index (κ3) is 2.91. The summed E-state index contributed by atoms with van der Waals surface area (Å²) in [7, 11) is -1.68. The highest BCUT2D eigenvalue weighted by Gasteiger charge is 2.35. The number of thiophene rings is 1. The molecule has 32 heavy (non-hydrogen) atoms. The summed E-state index contributed by atoms with van der Waals surface area (Å²) in [5.74, 6) is 0. The SMILES string of the molecule is c1ccc(S(c2ccccc2)(c2ccccc2)c2cccc3c2sc2ccccc23)cc1. The maximum absolute atomic E-state index is 2.36. The van der Waals surface area contributed by atoms with Crippen LogP contribution < -0.4 is 0 Å². The Morgan fingerprint density at radius 1 is 0.406 bits per heavy atom. The van der Waals surface area contributed by atoms with Crippen molar-refractivity contribution in [3.8, 4) is 0 Å². The fraction of sp³-hybridized carbons (Fsp3) is 0. The second-order valence-electron chi connectivity index (χ2n) is 7.78. The van der Waals surface area contributed by atoms with Gasteiger partial charge in [-0.2, -0.15) is 0 Å². The van der Waals surface area contributed by atoms with Gasteiger partial charge >= 0.3 is 0 Å². The summed E-state index contributed by atoms with van der Waals surface area (Å²) in [4.78, 5) is 5.51. The van der Waals surface area contributed by atoms with Crippen molar-refractivity contribution >= 4 is 41.5 Å². The zero-order valence-corrected chi connectivity index (χ0v) is 19.2. The molecule has 6 aromatic rings. The molecule has 0 N–H and O–H groups in total. The zero-order valence-electron chi connectivity index (χ0n) is 17.5. The lowest BCUT2D eigenvalue weighted by Crippen LogP contribution is -2.05. The average molecular weight is 447 g/mol. The summed E-state index contributed by atoms with van der Waals surface area (Å²) in [6, 6.07) is 48.9. The van der Waals surface area contributed by atoms with Crippen LogP contribution in [0.5, 0.6) is 0 Å². The largest absolute Gasteiger partial charge is 0.134 e. The van der Waals surface area contributed by atoms with Gasteiger partial charge in [-0.05, 0) is 48.5 Å². The van der Waals surface area contributed by atoms with Crippen LogP contribution in [0.25, 0.3) is 20.2 Å². The van der Waals surface area contributed by atoms with Crippen LogP contribution in [0, 0.1) is 0 Å².